The van der Waals surface area contributed by atoms with Gasteiger partial charge >= 0.3 is 0 Å². The maximum atomic E-state index is 8.63. The number of aromatic hydroxyl groups is 1. The van der Waals surface area contributed by atoms with Crippen LogP contribution in [0.2, 0.25) is 0 Å². The summed E-state index contributed by atoms with van der Waals surface area (Å²) in [7, 11) is 1.00. The molecular formula is C27H44O2. The first-order chi connectivity index (χ1) is 14.2. The second-order valence-corrected chi connectivity index (χ2v) is 4.64. The van der Waals surface area contributed by atoms with Gasteiger partial charge in [0.1, 0.15) is 5.75 Å². The fourth-order valence-corrected chi connectivity index (χ4v) is 1.50. The summed E-state index contributed by atoms with van der Waals surface area (Å²) in [4.78, 5) is 0. The average molecular weight is 401 g/mol. The Bertz CT molecular complexity index is 490. The van der Waals surface area contributed by atoms with Crippen molar-refractivity contribution < 1.29 is 10.2 Å². The molecule has 0 saturated carbocycles. The van der Waals surface area contributed by atoms with Crippen molar-refractivity contribution in [2.75, 3.05) is 7.11 Å². The molecule has 0 amide bonds. The second-order valence-electron chi connectivity index (χ2n) is 4.64. The Kier molecular flexibility index (Phi) is 38.7. The lowest BCUT2D eigenvalue weighted by atomic mass is 10.2. The summed E-state index contributed by atoms with van der Waals surface area (Å²) in [5.41, 5.74) is 2.64. The molecule has 164 valence electrons. The third-order valence-electron chi connectivity index (χ3n) is 2.64. The van der Waals surface area contributed by atoms with Gasteiger partial charge in [-0.2, -0.15) is 0 Å². The zero-order valence-corrected chi connectivity index (χ0v) is 20.1. The highest BCUT2D eigenvalue weighted by molar-refractivity contribution is 5.18. The van der Waals surface area contributed by atoms with Gasteiger partial charge in [0.2, 0.25) is 0 Å². The quantitative estimate of drug-likeness (QED) is 0.400. The van der Waals surface area contributed by atoms with E-state index in [1.165, 1.54) is 11.1 Å². The molecule has 3 aromatic carbocycles. The van der Waals surface area contributed by atoms with Crippen molar-refractivity contribution in [1.82, 2.24) is 0 Å². The van der Waals surface area contributed by atoms with Crippen LogP contribution < -0.4 is 0 Å². The Hall–Kier alpha value is -2.58. The third kappa shape index (κ3) is 30.4. The molecule has 0 atom stereocenters. The van der Waals surface area contributed by atoms with Gasteiger partial charge in [-0.3, -0.25) is 0 Å². The highest BCUT2D eigenvalue weighted by Crippen LogP contribution is 2.02. The van der Waals surface area contributed by atoms with E-state index in [0.717, 1.165) is 7.11 Å². The van der Waals surface area contributed by atoms with Crippen molar-refractivity contribution in [3.8, 4) is 5.75 Å². The molecule has 0 aliphatic heterocycles. The molecule has 2 heteroatoms. The highest BCUT2D eigenvalue weighted by Gasteiger charge is 1.75. The molecule has 0 unspecified atom stereocenters. The monoisotopic (exact) mass is 400 g/mol. The number of hydrogen-bond donors (Lipinski definition) is 2. The molecule has 29 heavy (non-hydrogen) atoms. The lowest BCUT2D eigenvalue weighted by Crippen LogP contribution is -1.62. The molecule has 0 radical (unpaired) electrons. The first-order valence-electron chi connectivity index (χ1n) is 10.4. The lowest BCUT2D eigenvalue weighted by Gasteiger charge is -1.82. The van der Waals surface area contributed by atoms with Crippen LogP contribution in [0.3, 0.4) is 0 Å². The molecule has 0 saturated heterocycles. The van der Waals surface area contributed by atoms with Crippen molar-refractivity contribution >= 4 is 0 Å². The molecule has 3 aromatic rings. The smallest absolute Gasteiger partial charge is 0.115 e. The van der Waals surface area contributed by atoms with Gasteiger partial charge in [0.15, 0.2) is 0 Å². The highest BCUT2D eigenvalue weighted by atomic mass is 16.3. The molecule has 0 aliphatic carbocycles. The molecule has 0 aromatic heterocycles. The van der Waals surface area contributed by atoms with Crippen LogP contribution in [0.25, 0.3) is 0 Å². The number of aryl methyl sites for hydroxylation is 2. The second kappa shape index (κ2) is 33.0. The van der Waals surface area contributed by atoms with Gasteiger partial charge in [-0.25, -0.2) is 0 Å². The van der Waals surface area contributed by atoms with E-state index in [1.54, 1.807) is 24.3 Å². The molecule has 0 aliphatic rings. The van der Waals surface area contributed by atoms with E-state index in [0.29, 0.717) is 5.75 Å². The van der Waals surface area contributed by atoms with Crippen LogP contribution in [-0.2, 0) is 0 Å². The predicted molar refractivity (Wildman–Crippen MR) is 133 cm³/mol. The maximum Gasteiger partial charge on any atom is 0.115 e. The Labute approximate surface area is 180 Å². The van der Waals surface area contributed by atoms with Gasteiger partial charge in [0.25, 0.3) is 0 Å². The number of aliphatic hydroxyl groups excluding tert-OH is 1. The van der Waals surface area contributed by atoms with Crippen LogP contribution in [0.1, 0.15) is 52.7 Å². The SMILES string of the molecule is CC.CC.CC.CO.Cc1ccccc1.Cc1ccccc1.Oc1ccccc1. The largest absolute Gasteiger partial charge is 0.508 e. The summed E-state index contributed by atoms with van der Waals surface area (Å²) in [6.07, 6.45) is 0. The van der Waals surface area contributed by atoms with Gasteiger partial charge in [0, 0.05) is 7.11 Å². The molecule has 0 fully saturated rings. The van der Waals surface area contributed by atoms with Crippen LogP contribution in [0.4, 0.5) is 0 Å². The minimum atomic E-state index is 0.322. The summed E-state index contributed by atoms with van der Waals surface area (Å²) < 4.78 is 0. The van der Waals surface area contributed by atoms with Crippen LogP contribution in [-0.4, -0.2) is 17.3 Å². The van der Waals surface area contributed by atoms with Gasteiger partial charge in [-0.15, -0.1) is 0 Å². The van der Waals surface area contributed by atoms with E-state index in [9.17, 15) is 0 Å². The van der Waals surface area contributed by atoms with E-state index in [1.807, 2.05) is 84.0 Å². The molecule has 2 N–H and O–H groups in total. The number of phenols is 1. The minimum absolute atomic E-state index is 0.322. The normalized spacial score (nSPS) is 7.10. The fourth-order valence-electron chi connectivity index (χ4n) is 1.50. The first-order valence-corrected chi connectivity index (χ1v) is 10.4. The number of hydrogen-bond acceptors (Lipinski definition) is 2. The van der Waals surface area contributed by atoms with Crippen LogP contribution in [0, 0.1) is 13.8 Å². The summed E-state index contributed by atoms with van der Waals surface area (Å²) in [5.74, 6) is 0.322. The molecule has 0 bridgehead atoms. The van der Waals surface area contributed by atoms with E-state index in [-0.39, 0.29) is 0 Å². The number of aliphatic hydroxyl groups is 1. The Morgan fingerprint density at radius 1 is 0.414 bits per heavy atom. The topological polar surface area (TPSA) is 40.5 Å². The van der Waals surface area contributed by atoms with Gasteiger partial charge < -0.3 is 10.2 Å². The summed E-state index contributed by atoms with van der Waals surface area (Å²) in [5, 5.41) is 15.6. The van der Waals surface area contributed by atoms with Crippen LogP contribution in [0.15, 0.2) is 91.0 Å². The molecule has 0 spiro atoms. The van der Waals surface area contributed by atoms with Crippen LogP contribution >= 0.6 is 0 Å². The van der Waals surface area contributed by atoms with Crippen molar-refractivity contribution in [3.63, 3.8) is 0 Å². The number of para-hydroxylation sites is 1. The summed E-state index contributed by atoms with van der Waals surface area (Å²) in [6.45, 7) is 16.2. The van der Waals surface area contributed by atoms with Crippen molar-refractivity contribution in [2.24, 2.45) is 0 Å². The molecule has 2 nitrogen and oxygen atoms in total. The zero-order valence-electron chi connectivity index (χ0n) is 20.1. The van der Waals surface area contributed by atoms with Crippen LogP contribution in [0.5, 0.6) is 5.75 Å². The number of benzene rings is 3. The maximum absolute atomic E-state index is 8.63. The lowest BCUT2D eigenvalue weighted by molar-refractivity contribution is 0.399. The third-order valence-corrected chi connectivity index (χ3v) is 2.64. The Balaban J connectivity index is -0.000000138. The minimum Gasteiger partial charge on any atom is -0.508 e. The standard InChI is InChI=1S/2C7H8.C6H6O.3C2H6.CH4O/c2*1-7-5-3-2-4-6-7;7-6-4-2-1-3-5-6;4*1-2/h2*2-6H,1H3;1-5,7H;3*1-2H3;2H,1H3. The molecule has 3 rings (SSSR count). The average Bonchev–Trinajstić information content (AvgIpc) is 2.82. The Morgan fingerprint density at radius 3 is 0.724 bits per heavy atom. The predicted octanol–water partition coefficient (Wildman–Crippen LogP) is 8.07. The van der Waals surface area contributed by atoms with E-state index < -0.39 is 0 Å². The van der Waals surface area contributed by atoms with E-state index in [2.05, 4.69) is 38.1 Å². The summed E-state index contributed by atoms with van der Waals surface area (Å²) >= 11 is 0. The van der Waals surface area contributed by atoms with Crippen molar-refractivity contribution in [2.45, 2.75) is 55.4 Å². The zero-order chi connectivity index (χ0) is 23.3. The van der Waals surface area contributed by atoms with E-state index >= 15 is 0 Å². The Morgan fingerprint density at radius 2 is 0.621 bits per heavy atom. The molecule has 0 heterocycles. The number of rotatable bonds is 0. The van der Waals surface area contributed by atoms with Gasteiger partial charge in [-0.05, 0) is 26.0 Å². The first kappa shape index (κ1) is 34.0. The summed E-state index contributed by atoms with van der Waals surface area (Å²) in [6, 6.07) is 29.2. The van der Waals surface area contributed by atoms with Gasteiger partial charge in [0.05, 0.1) is 0 Å². The van der Waals surface area contributed by atoms with E-state index in [4.69, 9.17) is 10.2 Å². The number of phenolic OH excluding ortho intramolecular Hbond substituents is 1. The van der Waals surface area contributed by atoms with Crippen molar-refractivity contribution in [3.05, 3.63) is 102 Å². The van der Waals surface area contributed by atoms with Crippen molar-refractivity contribution in [1.29, 1.82) is 0 Å². The fraction of sp³-hybridized carbons (Fsp3) is 0.333. The van der Waals surface area contributed by atoms with Gasteiger partial charge in [-0.1, -0.05) is 132 Å². The molecular weight excluding hydrogens is 356 g/mol.